The normalized spacial score (nSPS) is 31.4. The molecule has 0 aromatic carbocycles. The maximum atomic E-state index is 10.7. The van der Waals surface area contributed by atoms with Crippen LogP contribution in [-0.4, -0.2) is 24.3 Å². The van der Waals surface area contributed by atoms with Crippen molar-refractivity contribution in [3.8, 4) is 0 Å². The van der Waals surface area contributed by atoms with Crippen molar-refractivity contribution in [3.63, 3.8) is 0 Å². The van der Waals surface area contributed by atoms with E-state index >= 15 is 0 Å². The Morgan fingerprint density at radius 1 is 1.25 bits per heavy atom. The molecule has 0 radical (unpaired) electrons. The van der Waals surface area contributed by atoms with E-state index in [-0.39, 0.29) is 6.04 Å². The van der Waals surface area contributed by atoms with Crippen molar-refractivity contribution < 1.29 is 13.0 Å². The monoisotopic (exact) mass is 192 g/mol. The minimum Gasteiger partial charge on any atom is -0.285 e. The second-order valence-corrected chi connectivity index (χ2v) is 4.77. The summed E-state index contributed by atoms with van der Waals surface area (Å²) in [6.07, 6.45) is 2.03. The van der Waals surface area contributed by atoms with Gasteiger partial charge < -0.3 is 0 Å². The van der Waals surface area contributed by atoms with Crippen LogP contribution in [-0.2, 0) is 10.1 Å². The summed E-state index contributed by atoms with van der Waals surface area (Å²) in [4.78, 5) is 0. The molecular formula is C6H12N2O3S. The molecule has 6 heteroatoms. The average Bonchev–Trinajstić information content (AvgIpc) is 2.03. The Balaban J connectivity index is 2.52. The van der Waals surface area contributed by atoms with E-state index in [1.165, 1.54) is 0 Å². The summed E-state index contributed by atoms with van der Waals surface area (Å²) < 4.78 is 30.0. The molecule has 1 aliphatic carbocycles. The molecule has 0 unspecified atom stereocenters. The van der Waals surface area contributed by atoms with Gasteiger partial charge in [-0.15, -0.1) is 0 Å². The van der Waals surface area contributed by atoms with Gasteiger partial charge in [0.25, 0.3) is 10.1 Å². The Bertz CT molecular complexity index is 254. The maximum absolute atomic E-state index is 10.7. The molecule has 0 aromatic heterocycles. The lowest BCUT2D eigenvalue weighted by Crippen LogP contribution is -2.27. The number of hydrogen-bond acceptors (Lipinski definition) is 4. The minimum atomic E-state index is -3.86. The van der Waals surface area contributed by atoms with Gasteiger partial charge in [-0.1, -0.05) is 0 Å². The topological polar surface area (TPSA) is 90.6 Å². The van der Waals surface area contributed by atoms with Crippen LogP contribution >= 0.6 is 0 Å². The van der Waals surface area contributed by atoms with Crippen LogP contribution in [0.1, 0.15) is 25.7 Å². The molecule has 0 amide bonds. The minimum absolute atomic E-state index is 0.0389. The van der Waals surface area contributed by atoms with Crippen LogP contribution in [0.2, 0.25) is 0 Å². The highest BCUT2D eigenvalue weighted by molar-refractivity contribution is 7.86. The molecule has 0 bridgehead atoms. The summed E-state index contributed by atoms with van der Waals surface area (Å²) in [5.41, 5.74) is 6.73. The van der Waals surface area contributed by atoms with Crippen LogP contribution in [0.25, 0.3) is 0 Å². The molecule has 0 aromatic rings. The van der Waals surface area contributed by atoms with Crippen LogP contribution in [0.15, 0.2) is 5.11 Å². The van der Waals surface area contributed by atoms with Gasteiger partial charge in [-0.25, -0.2) is 5.53 Å². The number of nitrogens with one attached hydrogen (secondary N) is 1. The van der Waals surface area contributed by atoms with E-state index in [1.807, 2.05) is 0 Å². The van der Waals surface area contributed by atoms with Gasteiger partial charge >= 0.3 is 0 Å². The summed E-state index contributed by atoms with van der Waals surface area (Å²) in [6, 6.07) is -0.0389. The number of nitrogens with zero attached hydrogens (tertiary/aromatic N) is 1. The lowest BCUT2D eigenvalue weighted by atomic mass is 9.96. The molecule has 0 spiro atoms. The second kappa shape index (κ2) is 3.49. The smallest absolute Gasteiger partial charge is 0.267 e. The van der Waals surface area contributed by atoms with Crippen LogP contribution in [0.3, 0.4) is 0 Å². The van der Waals surface area contributed by atoms with Crippen molar-refractivity contribution in [2.75, 3.05) is 0 Å². The zero-order valence-corrected chi connectivity index (χ0v) is 7.42. The zero-order valence-electron chi connectivity index (χ0n) is 6.60. The highest BCUT2D eigenvalue weighted by atomic mass is 32.2. The summed E-state index contributed by atoms with van der Waals surface area (Å²) in [7, 11) is -3.86. The molecule has 12 heavy (non-hydrogen) atoms. The van der Waals surface area contributed by atoms with E-state index in [0.717, 1.165) is 0 Å². The lowest BCUT2D eigenvalue weighted by Gasteiger charge is -2.22. The third kappa shape index (κ3) is 2.25. The van der Waals surface area contributed by atoms with Crippen molar-refractivity contribution in [1.82, 2.24) is 0 Å². The Morgan fingerprint density at radius 3 is 2.08 bits per heavy atom. The van der Waals surface area contributed by atoms with Gasteiger partial charge in [-0.3, -0.25) is 4.55 Å². The second-order valence-electron chi connectivity index (χ2n) is 3.07. The van der Waals surface area contributed by atoms with Crippen molar-refractivity contribution >= 4 is 10.1 Å². The van der Waals surface area contributed by atoms with Crippen molar-refractivity contribution in [2.24, 2.45) is 5.11 Å². The first-order valence-electron chi connectivity index (χ1n) is 3.87. The van der Waals surface area contributed by atoms with E-state index in [0.29, 0.717) is 25.7 Å². The largest absolute Gasteiger partial charge is 0.285 e. The van der Waals surface area contributed by atoms with Gasteiger partial charge in [-0.2, -0.15) is 13.5 Å². The van der Waals surface area contributed by atoms with E-state index in [4.69, 9.17) is 10.1 Å². The predicted octanol–water partition coefficient (Wildman–Crippen LogP) is 1.22. The third-order valence-corrected chi connectivity index (χ3v) is 3.56. The lowest BCUT2D eigenvalue weighted by molar-refractivity contribution is 0.392. The Labute approximate surface area is 71.4 Å². The Hall–Kier alpha value is -0.490. The Kier molecular flexibility index (Phi) is 2.79. The molecular weight excluding hydrogens is 180 g/mol. The first-order chi connectivity index (χ1) is 5.54. The van der Waals surface area contributed by atoms with E-state index in [9.17, 15) is 8.42 Å². The van der Waals surface area contributed by atoms with Gasteiger partial charge in [0.05, 0.1) is 11.3 Å². The molecule has 0 heterocycles. The first kappa shape index (κ1) is 9.60. The molecule has 70 valence electrons. The highest BCUT2D eigenvalue weighted by Gasteiger charge is 2.28. The standard InChI is InChI=1S/C6H12N2O3S/c7-8-5-1-3-6(4-2-5)12(9,10)11/h5-7H,1-4H2,(H,9,10,11). The van der Waals surface area contributed by atoms with Crippen molar-refractivity contribution in [2.45, 2.75) is 37.0 Å². The van der Waals surface area contributed by atoms with Crippen LogP contribution < -0.4 is 0 Å². The Morgan fingerprint density at radius 2 is 1.75 bits per heavy atom. The van der Waals surface area contributed by atoms with Crippen LogP contribution in [0.4, 0.5) is 0 Å². The molecule has 0 saturated heterocycles. The summed E-state index contributed by atoms with van der Waals surface area (Å²) in [5.74, 6) is 0. The average molecular weight is 192 g/mol. The predicted molar refractivity (Wildman–Crippen MR) is 42.7 cm³/mol. The van der Waals surface area contributed by atoms with E-state index in [2.05, 4.69) is 5.11 Å². The molecule has 1 aliphatic rings. The summed E-state index contributed by atoms with van der Waals surface area (Å²) in [5, 5.41) is 2.71. The quantitative estimate of drug-likeness (QED) is 0.509. The zero-order chi connectivity index (χ0) is 9.19. The van der Waals surface area contributed by atoms with Gasteiger partial charge in [0.1, 0.15) is 0 Å². The van der Waals surface area contributed by atoms with Gasteiger partial charge in [0, 0.05) is 0 Å². The molecule has 0 aliphatic heterocycles. The maximum Gasteiger partial charge on any atom is 0.267 e. The molecule has 1 rings (SSSR count). The number of hydrogen-bond donors (Lipinski definition) is 2. The van der Waals surface area contributed by atoms with E-state index in [1.54, 1.807) is 0 Å². The van der Waals surface area contributed by atoms with Crippen LogP contribution in [0.5, 0.6) is 0 Å². The van der Waals surface area contributed by atoms with Gasteiger partial charge in [-0.05, 0) is 25.7 Å². The van der Waals surface area contributed by atoms with Crippen molar-refractivity contribution in [3.05, 3.63) is 0 Å². The van der Waals surface area contributed by atoms with Gasteiger partial charge in [0.2, 0.25) is 0 Å². The highest BCUT2D eigenvalue weighted by Crippen LogP contribution is 2.25. The summed E-state index contributed by atoms with van der Waals surface area (Å²) in [6.45, 7) is 0. The van der Waals surface area contributed by atoms with Crippen LogP contribution in [0, 0.1) is 5.53 Å². The molecule has 1 fully saturated rings. The number of rotatable bonds is 2. The third-order valence-electron chi connectivity index (χ3n) is 2.25. The fourth-order valence-corrected chi connectivity index (χ4v) is 2.34. The molecule has 0 atom stereocenters. The fraction of sp³-hybridized carbons (Fsp3) is 1.00. The SMILES string of the molecule is N=NC1CCC(S(=O)(=O)O)CC1. The molecule has 1 saturated carbocycles. The first-order valence-corrected chi connectivity index (χ1v) is 5.37. The van der Waals surface area contributed by atoms with Crippen molar-refractivity contribution in [1.29, 1.82) is 5.53 Å². The molecule has 2 N–H and O–H groups in total. The molecule has 5 nitrogen and oxygen atoms in total. The van der Waals surface area contributed by atoms with E-state index < -0.39 is 15.4 Å². The fourth-order valence-electron chi connectivity index (χ4n) is 1.47. The van der Waals surface area contributed by atoms with Gasteiger partial charge in [0.15, 0.2) is 0 Å². The summed E-state index contributed by atoms with van der Waals surface area (Å²) >= 11 is 0.